The van der Waals surface area contributed by atoms with Crippen LogP contribution < -0.4 is 10.1 Å². The van der Waals surface area contributed by atoms with Crippen LogP contribution in [0.1, 0.15) is 82.8 Å². The number of likely N-dealkylation sites (tertiary alicyclic amines) is 1. The number of rotatable bonds is 11. The van der Waals surface area contributed by atoms with Gasteiger partial charge in [0.25, 0.3) is 0 Å². The van der Waals surface area contributed by atoms with Gasteiger partial charge in [0.15, 0.2) is 0 Å². The lowest BCUT2D eigenvalue weighted by Crippen LogP contribution is -2.40. The number of carboxylic acids is 1. The van der Waals surface area contributed by atoms with Crippen molar-refractivity contribution < 1.29 is 29.0 Å². The zero-order valence-electron chi connectivity index (χ0n) is 24.5. The molecule has 1 saturated carbocycles. The van der Waals surface area contributed by atoms with E-state index in [0.29, 0.717) is 25.5 Å². The second kappa shape index (κ2) is 13.9. The highest BCUT2D eigenvalue weighted by molar-refractivity contribution is 5.85. The molecule has 0 bridgehead atoms. The van der Waals surface area contributed by atoms with Gasteiger partial charge in [0.1, 0.15) is 18.0 Å². The SMILES string of the molecule is CC(C)(C)OC(=O)N[C@H]1CC[C@@H](c2ccc(OC[C@@H]3C[C@@H](CC(=O)O)C(=O)N3CCCc3ccccc3)cc2)CC1. The van der Waals surface area contributed by atoms with Crippen LogP contribution >= 0.6 is 0 Å². The van der Waals surface area contributed by atoms with E-state index in [1.807, 2.05) is 56.0 Å². The van der Waals surface area contributed by atoms with Gasteiger partial charge in [0.05, 0.1) is 18.4 Å². The first-order valence-corrected chi connectivity index (χ1v) is 14.9. The van der Waals surface area contributed by atoms with Gasteiger partial charge >= 0.3 is 12.1 Å². The molecule has 2 N–H and O–H groups in total. The number of nitrogens with one attached hydrogen (secondary N) is 1. The Balaban J connectivity index is 1.27. The Hall–Kier alpha value is -3.55. The summed E-state index contributed by atoms with van der Waals surface area (Å²) in [7, 11) is 0. The van der Waals surface area contributed by atoms with Crippen LogP contribution in [0.5, 0.6) is 5.75 Å². The van der Waals surface area contributed by atoms with Gasteiger partial charge in [-0.05, 0) is 94.9 Å². The Morgan fingerprint density at radius 2 is 1.68 bits per heavy atom. The number of alkyl carbamates (subject to hydrolysis) is 1. The first-order valence-electron chi connectivity index (χ1n) is 14.9. The maximum atomic E-state index is 13.0. The van der Waals surface area contributed by atoms with Gasteiger partial charge in [-0.25, -0.2) is 4.79 Å². The molecule has 8 nitrogen and oxygen atoms in total. The predicted octanol–water partition coefficient (Wildman–Crippen LogP) is 5.94. The standard InChI is InChI=1S/C33H44N2O6/c1-33(2,3)41-32(39)34-27-15-11-24(12-16-27)25-13-17-29(18-14-25)40-22-28-20-26(21-30(36)37)31(38)35(28)19-7-10-23-8-5-4-6-9-23/h4-6,8-9,13-14,17-18,24,26-28H,7,10-12,15-16,19-22H2,1-3H3,(H,34,39)(H,36,37)/t24-,26-,27+,28-/m0/s1. The van der Waals surface area contributed by atoms with Crippen molar-refractivity contribution in [3.05, 3.63) is 65.7 Å². The molecule has 0 spiro atoms. The third-order valence-corrected chi connectivity index (χ3v) is 8.00. The number of ether oxygens (including phenoxy) is 2. The average Bonchev–Trinajstić information content (AvgIpc) is 3.21. The zero-order valence-corrected chi connectivity index (χ0v) is 24.5. The third kappa shape index (κ3) is 9.23. The highest BCUT2D eigenvalue weighted by Gasteiger charge is 2.40. The monoisotopic (exact) mass is 564 g/mol. The van der Waals surface area contributed by atoms with Gasteiger partial charge in [-0.2, -0.15) is 0 Å². The average molecular weight is 565 g/mol. The van der Waals surface area contributed by atoms with Crippen molar-refractivity contribution in [2.75, 3.05) is 13.2 Å². The molecule has 1 saturated heterocycles. The van der Waals surface area contributed by atoms with Crippen LogP contribution in [-0.4, -0.2) is 58.8 Å². The van der Waals surface area contributed by atoms with Gasteiger partial charge in [0.2, 0.25) is 5.91 Å². The van der Waals surface area contributed by atoms with Crippen LogP contribution in [0.2, 0.25) is 0 Å². The Kier molecular flexibility index (Phi) is 10.3. The van der Waals surface area contributed by atoms with Crippen molar-refractivity contribution in [2.45, 2.75) is 95.7 Å². The van der Waals surface area contributed by atoms with Gasteiger partial charge in [-0.1, -0.05) is 42.5 Å². The minimum atomic E-state index is -0.945. The Morgan fingerprint density at radius 3 is 2.32 bits per heavy atom. The fourth-order valence-electron chi connectivity index (χ4n) is 5.98. The van der Waals surface area contributed by atoms with E-state index in [-0.39, 0.29) is 30.5 Å². The van der Waals surface area contributed by atoms with Gasteiger partial charge in [0, 0.05) is 12.6 Å². The number of nitrogens with zero attached hydrogens (tertiary/aromatic N) is 1. The topological polar surface area (TPSA) is 105 Å². The molecule has 222 valence electrons. The summed E-state index contributed by atoms with van der Waals surface area (Å²) in [5.74, 6) is -0.349. The van der Waals surface area contributed by atoms with Crippen LogP contribution in [-0.2, 0) is 20.7 Å². The van der Waals surface area contributed by atoms with E-state index in [4.69, 9.17) is 9.47 Å². The van der Waals surface area contributed by atoms with Crippen molar-refractivity contribution in [3.63, 3.8) is 0 Å². The molecule has 8 heteroatoms. The fourth-order valence-corrected chi connectivity index (χ4v) is 5.98. The molecular weight excluding hydrogens is 520 g/mol. The Morgan fingerprint density at radius 1 is 1.00 bits per heavy atom. The molecule has 1 heterocycles. The van der Waals surface area contributed by atoms with Gasteiger partial charge in [-0.15, -0.1) is 0 Å². The lowest BCUT2D eigenvalue weighted by Gasteiger charge is -2.30. The minimum absolute atomic E-state index is 0.0822. The van der Waals surface area contributed by atoms with E-state index >= 15 is 0 Å². The van der Waals surface area contributed by atoms with E-state index in [1.165, 1.54) is 11.1 Å². The number of hydrogen-bond acceptors (Lipinski definition) is 5. The van der Waals surface area contributed by atoms with Crippen LogP contribution in [0.25, 0.3) is 0 Å². The minimum Gasteiger partial charge on any atom is -0.491 e. The van der Waals surface area contributed by atoms with E-state index in [2.05, 4.69) is 29.6 Å². The quantitative estimate of drug-likeness (QED) is 0.350. The molecule has 2 aromatic rings. The lowest BCUT2D eigenvalue weighted by molar-refractivity contribution is -0.142. The summed E-state index contributed by atoms with van der Waals surface area (Å²) in [5.41, 5.74) is 1.98. The Labute approximate surface area is 243 Å². The molecule has 2 fully saturated rings. The molecule has 41 heavy (non-hydrogen) atoms. The summed E-state index contributed by atoms with van der Waals surface area (Å²) in [4.78, 5) is 38.3. The van der Waals surface area contributed by atoms with Crippen LogP contribution in [0.4, 0.5) is 4.79 Å². The summed E-state index contributed by atoms with van der Waals surface area (Å²) < 4.78 is 11.5. The summed E-state index contributed by atoms with van der Waals surface area (Å²) in [6, 6.07) is 18.3. The second-order valence-electron chi connectivity index (χ2n) is 12.4. The summed E-state index contributed by atoms with van der Waals surface area (Å²) in [5, 5.41) is 12.3. The van der Waals surface area contributed by atoms with E-state index < -0.39 is 17.5 Å². The largest absolute Gasteiger partial charge is 0.491 e. The van der Waals surface area contributed by atoms with Crippen molar-refractivity contribution in [1.82, 2.24) is 10.2 Å². The first-order chi connectivity index (χ1) is 19.6. The van der Waals surface area contributed by atoms with Crippen molar-refractivity contribution in [1.29, 1.82) is 0 Å². The molecular formula is C33H44N2O6. The van der Waals surface area contributed by atoms with E-state index in [0.717, 1.165) is 44.3 Å². The highest BCUT2D eigenvalue weighted by atomic mass is 16.6. The molecule has 2 atom stereocenters. The summed E-state index contributed by atoms with van der Waals surface area (Å²) in [6.45, 7) is 6.52. The Bertz CT molecular complexity index is 1150. The maximum absolute atomic E-state index is 13.0. The van der Waals surface area contributed by atoms with Crippen molar-refractivity contribution in [2.24, 2.45) is 5.92 Å². The van der Waals surface area contributed by atoms with Crippen LogP contribution in [0, 0.1) is 5.92 Å². The number of aliphatic carboxylic acids is 1. The van der Waals surface area contributed by atoms with Crippen molar-refractivity contribution in [3.8, 4) is 5.75 Å². The number of amides is 2. The number of carbonyl (C=O) groups excluding carboxylic acids is 2. The number of hydrogen-bond donors (Lipinski definition) is 2. The fraction of sp³-hybridized carbons (Fsp3) is 0.545. The van der Waals surface area contributed by atoms with E-state index in [1.54, 1.807) is 0 Å². The molecule has 0 radical (unpaired) electrons. The third-order valence-electron chi connectivity index (χ3n) is 8.00. The molecule has 0 unspecified atom stereocenters. The lowest BCUT2D eigenvalue weighted by atomic mass is 9.82. The van der Waals surface area contributed by atoms with Crippen molar-refractivity contribution >= 4 is 18.0 Å². The molecule has 4 rings (SSSR count). The summed E-state index contributed by atoms with van der Waals surface area (Å²) in [6.07, 6.45) is 5.49. The second-order valence-corrected chi connectivity index (χ2v) is 12.4. The number of aryl methyl sites for hydroxylation is 1. The molecule has 1 aliphatic carbocycles. The van der Waals surface area contributed by atoms with Crippen LogP contribution in [0.15, 0.2) is 54.6 Å². The maximum Gasteiger partial charge on any atom is 0.407 e. The van der Waals surface area contributed by atoms with Crippen LogP contribution in [0.3, 0.4) is 0 Å². The smallest absolute Gasteiger partial charge is 0.407 e. The molecule has 2 aromatic carbocycles. The molecule has 2 aliphatic rings. The number of carbonyl (C=O) groups is 3. The van der Waals surface area contributed by atoms with Gasteiger partial charge in [-0.3, -0.25) is 9.59 Å². The molecule has 2 amide bonds. The van der Waals surface area contributed by atoms with E-state index in [9.17, 15) is 19.5 Å². The van der Waals surface area contributed by atoms with Gasteiger partial charge < -0.3 is 24.8 Å². The number of benzene rings is 2. The molecule has 1 aliphatic heterocycles. The first kappa shape index (κ1) is 30.4. The zero-order chi connectivity index (χ0) is 29.4. The predicted molar refractivity (Wildman–Crippen MR) is 157 cm³/mol. The molecule has 0 aromatic heterocycles. The summed E-state index contributed by atoms with van der Waals surface area (Å²) >= 11 is 0. The normalized spacial score (nSPS) is 22.8. The number of carboxylic acid groups (broad SMARTS) is 1. The highest BCUT2D eigenvalue weighted by Crippen LogP contribution is 2.34.